The van der Waals surface area contributed by atoms with Gasteiger partial charge >= 0.3 is 6.18 Å². The van der Waals surface area contributed by atoms with Crippen molar-refractivity contribution in [3.8, 4) is 5.75 Å². The third-order valence-corrected chi connectivity index (χ3v) is 5.52. The van der Waals surface area contributed by atoms with Crippen molar-refractivity contribution in [1.82, 2.24) is 9.88 Å². The lowest BCUT2D eigenvalue weighted by atomic mass is 10.0. The Morgan fingerprint density at radius 2 is 2.04 bits per heavy atom. The molecular weight excluding hydrogens is 371 g/mol. The minimum absolute atomic E-state index is 0.0304. The molecule has 0 aliphatic carbocycles. The molecule has 2 saturated heterocycles. The predicted molar refractivity (Wildman–Crippen MR) is 97.4 cm³/mol. The highest BCUT2D eigenvalue weighted by Crippen LogP contribution is 2.35. The van der Waals surface area contributed by atoms with Gasteiger partial charge in [0.05, 0.1) is 18.7 Å². The summed E-state index contributed by atoms with van der Waals surface area (Å²) in [4.78, 5) is 20.8. The minimum atomic E-state index is -4.40. The van der Waals surface area contributed by atoms with E-state index in [1.54, 1.807) is 31.4 Å². The molecule has 0 radical (unpaired) electrons. The van der Waals surface area contributed by atoms with Crippen molar-refractivity contribution >= 4 is 11.7 Å². The van der Waals surface area contributed by atoms with Crippen molar-refractivity contribution in [1.29, 1.82) is 0 Å². The monoisotopic (exact) mass is 391 g/mol. The molecule has 0 N–H and O–H groups in total. The van der Waals surface area contributed by atoms with E-state index in [-0.39, 0.29) is 11.9 Å². The van der Waals surface area contributed by atoms with Crippen LogP contribution < -0.4 is 9.64 Å². The van der Waals surface area contributed by atoms with Crippen LogP contribution in [-0.4, -0.2) is 48.6 Å². The molecule has 0 saturated carbocycles. The van der Waals surface area contributed by atoms with Crippen molar-refractivity contribution in [2.75, 3.05) is 31.6 Å². The van der Waals surface area contributed by atoms with Crippen LogP contribution in [0.1, 0.15) is 22.3 Å². The van der Waals surface area contributed by atoms with E-state index in [0.29, 0.717) is 42.7 Å². The summed E-state index contributed by atoms with van der Waals surface area (Å²) >= 11 is 0. The Bertz CT molecular complexity index is 870. The van der Waals surface area contributed by atoms with E-state index in [1.165, 1.54) is 6.07 Å². The van der Waals surface area contributed by atoms with E-state index in [2.05, 4.69) is 4.98 Å². The number of fused-ring (bicyclic) bond motifs is 1. The van der Waals surface area contributed by atoms with E-state index >= 15 is 0 Å². The van der Waals surface area contributed by atoms with Gasteiger partial charge in [-0.2, -0.15) is 13.2 Å². The van der Waals surface area contributed by atoms with E-state index < -0.39 is 11.7 Å². The lowest BCUT2D eigenvalue weighted by molar-refractivity contribution is -0.137. The number of benzene rings is 1. The Labute approximate surface area is 160 Å². The standard InChI is InChI=1S/C20H20F3N3O2/c1-28-16-4-2-3-13(9-16)19(27)26-8-7-14-11-25(12-17(14)26)18-6-5-15(10-24-18)20(21,22)23/h2-6,9-10,14,17H,7-8,11-12H2,1H3. The summed E-state index contributed by atoms with van der Waals surface area (Å²) < 4.78 is 43.4. The molecule has 2 aromatic rings. The molecule has 3 heterocycles. The largest absolute Gasteiger partial charge is 0.497 e. The van der Waals surface area contributed by atoms with Crippen LogP contribution in [0.15, 0.2) is 42.6 Å². The number of hydrogen-bond acceptors (Lipinski definition) is 4. The van der Waals surface area contributed by atoms with Gasteiger partial charge in [0, 0.05) is 37.3 Å². The molecule has 1 aromatic carbocycles. The van der Waals surface area contributed by atoms with Gasteiger partial charge in [-0.15, -0.1) is 0 Å². The first kappa shape index (κ1) is 18.6. The van der Waals surface area contributed by atoms with E-state index in [1.807, 2.05) is 9.80 Å². The second-order valence-electron chi connectivity index (χ2n) is 7.15. The summed E-state index contributed by atoms with van der Waals surface area (Å²) in [5.41, 5.74) is -0.184. The highest BCUT2D eigenvalue weighted by atomic mass is 19.4. The highest BCUT2D eigenvalue weighted by molar-refractivity contribution is 5.95. The molecule has 2 aliphatic rings. The fraction of sp³-hybridized carbons (Fsp3) is 0.400. The summed E-state index contributed by atoms with van der Waals surface area (Å²) in [6.07, 6.45) is -2.66. The van der Waals surface area contributed by atoms with E-state index in [4.69, 9.17) is 4.74 Å². The van der Waals surface area contributed by atoms with Gasteiger partial charge in [-0.05, 0) is 36.8 Å². The number of carbonyl (C=O) groups excluding carboxylic acids is 1. The Morgan fingerprint density at radius 1 is 1.21 bits per heavy atom. The van der Waals surface area contributed by atoms with Crippen molar-refractivity contribution in [2.24, 2.45) is 5.92 Å². The maximum Gasteiger partial charge on any atom is 0.417 e. The predicted octanol–water partition coefficient (Wildman–Crippen LogP) is 3.46. The van der Waals surface area contributed by atoms with Crippen LogP contribution in [-0.2, 0) is 6.18 Å². The lowest BCUT2D eigenvalue weighted by Gasteiger charge is -2.25. The molecule has 0 bridgehead atoms. The van der Waals surface area contributed by atoms with E-state index in [0.717, 1.165) is 18.7 Å². The number of aromatic nitrogens is 1. The van der Waals surface area contributed by atoms with Gasteiger partial charge in [0.15, 0.2) is 0 Å². The number of alkyl halides is 3. The van der Waals surface area contributed by atoms with Crippen molar-refractivity contribution in [3.05, 3.63) is 53.7 Å². The maximum atomic E-state index is 13.0. The van der Waals surface area contributed by atoms with Gasteiger partial charge in [0.25, 0.3) is 5.91 Å². The van der Waals surface area contributed by atoms with Gasteiger partial charge in [-0.1, -0.05) is 6.07 Å². The molecular formula is C20H20F3N3O2. The molecule has 1 amide bonds. The van der Waals surface area contributed by atoms with Crippen molar-refractivity contribution in [3.63, 3.8) is 0 Å². The van der Waals surface area contributed by atoms with Crippen molar-refractivity contribution in [2.45, 2.75) is 18.6 Å². The number of rotatable bonds is 3. The number of nitrogens with zero attached hydrogens (tertiary/aromatic N) is 3. The number of ether oxygens (including phenoxy) is 1. The second-order valence-corrected chi connectivity index (χ2v) is 7.15. The number of hydrogen-bond donors (Lipinski definition) is 0. The van der Waals surface area contributed by atoms with Gasteiger partial charge in [-0.3, -0.25) is 4.79 Å². The first-order chi connectivity index (χ1) is 13.4. The normalized spacial score (nSPS) is 21.7. The average molecular weight is 391 g/mol. The number of carbonyl (C=O) groups is 1. The molecule has 2 unspecified atom stereocenters. The third kappa shape index (κ3) is 3.39. The topological polar surface area (TPSA) is 45.7 Å². The zero-order chi connectivity index (χ0) is 19.9. The molecule has 8 heteroatoms. The Hall–Kier alpha value is -2.77. The van der Waals surface area contributed by atoms with Crippen LogP contribution in [0.3, 0.4) is 0 Å². The fourth-order valence-electron chi connectivity index (χ4n) is 4.06. The molecule has 28 heavy (non-hydrogen) atoms. The Kier molecular flexibility index (Phi) is 4.64. The summed E-state index contributed by atoms with van der Waals surface area (Å²) in [6.45, 7) is 1.93. The van der Waals surface area contributed by atoms with Gasteiger partial charge in [0.2, 0.25) is 0 Å². The molecule has 2 aliphatic heterocycles. The van der Waals surface area contributed by atoms with Crippen LogP contribution in [0.25, 0.3) is 0 Å². The second kappa shape index (κ2) is 7.00. The van der Waals surface area contributed by atoms with Gasteiger partial charge < -0.3 is 14.5 Å². The molecule has 0 spiro atoms. The zero-order valence-electron chi connectivity index (χ0n) is 15.3. The quantitative estimate of drug-likeness (QED) is 0.804. The molecule has 4 rings (SSSR count). The highest BCUT2D eigenvalue weighted by Gasteiger charge is 2.44. The Balaban J connectivity index is 1.48. The number of pyridine rings is 1. The Morgan fingerprint density at radius 3 is 2.71 bits per heavy atom. The van der Waals surface area contributed by atoms with Crippen LogP contribution in [0.4, 0.5) is 19.0 Å². The molecule has 5 nitrogen and oxygen atoms in total. The first-order valence-electron chi connectivity index (χ1n) is 9.10. The molecule has 148 valence electrons. The van der Waals surface area contributed by atoms with Gasteiger partial charge in [-0.25, -0.2) is 4.98 Å². The van der Waals surface area contributed by atoms with Crippen LogP contribution >= 0.6 is 0 Å². The van der Waals surface area contributed by atoms with E-state index in [9.17, 15) is 18.0 Å². The first-order valence-corrected chi connectivity index (χ1v) is 9.10. The molecule has 1 aromatic heterocycles. The summed E-state index contributed by atoms with van der Waals surface area (Å²) in [5, 5.41) is 0. The maximum absolute atomic E-state index is 13.0. The number of anilines is 1. The summed E-state index contributed by atoms with van der Waals surface area (Å²) in [6, 6.07) is 9.54. The van der Waals surface area contributed by atoms with Gasteiger partial charge in [0.1, 0.15) is 11.6 Å². The number of likely N-dealkylation sites (tertiary alicyclic amines) is 1. The number of methoxy groups -OCH3 is 1. The average Bonchev–Trinajstić information content (AvgIpc) is 3.28. The fourth-order valence-corrected chi connectivity index (χ4v) is 4.06. The third-order valence-electron chi connectivity index (χ3n) is 5.52. The lowest BCUT2D eigenvalue weighted by Crippen LogP contribution is -2.39. The molecule has 2 fully saturated rings. The number of halogens is 3. The smallest absolute Gasteiger partial charge is 0.417 e. The minimum Gasteiger partial charge on any atom is -0.497 e. The number of amides is 1. The summed E-state index contributed by atoms with van der Waals surface area (Å²) in [7, 11) is 1.56. The zero-order valence-corrected chi connectivity index (χ0v) is 15.3. The van der Waals surface area contributed by atoms with Crippen LogP contribution in [0, 0.1) is 5.92 Å². The molecule has 2 atom stereocenters. The van der Waals surface area contributed by atoms with Crippen LogP contribution in [0.2, 0.25) is 0 Å². The van der Waals surface area contributed by atoms with Crippen LogP contribution in [0.5, 0.6) is 5.75 Å². The van der Waals surface area contributed by atoms with Crippen molar-refractivity contribution < 1.29 is 22.7 Å². The summed E-state index contributed by atoms with van der Waals surface area (Å²) in [5.74, 6) is 1.38. The SMILES string of the molecule is COc1cccc(C(=O)N2CCC3CN(c4ccc(C(F)(F)F)cn4)CC32)c1.